The minimum Gasteiger partial charge on any atom is -0.472 e. The van der Waals surface area contributed by atoms with E-state index < -0.39 is 11.8 Å². The number of esters is 1. The van der Waals surface area contributed by atoms with Gasteiger partial charge in [0.2, 0.25) is 11.7 Å². The van der Waals surface area contributed by atoms with Crippen molar-refractivity contribution in [1.29, 1.82) is 0 Å². The predicted octanol–water partition coefficient (Wildman–Crippen LogP) is 2.97. The molecule has 32 heavy (non-hydrogen) atoms. The number of furan rings is 1. The summed E-state index contributed by atoms with van der Waals surface area (Å²) >= 11 is 0. The van der Waals surface area contributed by atoms with Crippen LogP contribution in [0.5, 0.6) is 0 Å². The van der Waals surface area contributed by atoms with E-state index in [-0.39, 0.29) is 29.4 Å². The number of ether oxygens (including phenoxy) is 1. The normalized spacial score (nSPS) is 14.2. The molecule has 4 rings (SSSR count). The van der Waals surface area contributed by atoms with E-state index in [9.17, 15) is 9.59 Å². The summed E-state index contributed by atoms with van der Waals surface area (Å²) in [5, 5.41) is 3.10. The fourth-order valence-corrected chi connectivity index (χ4v) is 3.45. The van der Waals surface area contributed by atoms with E-state index in [1.807, 2.05) is 24.3 Å². The number of nitrogens with zero attached hydrogens (tertiary/aromatic N) is 4. The number of likely N-dealkylation sites (N-methyl/N-ethyl adjacent to an activating group) is 1. The van der Waals surface area contributed by atoms with E-state index in [4.69, 9.17) is 9.15 Å². The number of benzene rings is 1. The van der Waals surface area contributed by atoms with Gasteiger partial charge in [0.15, 0.2) is 0 Å². The van der Waals surface area contributed by atoms with Crippen LogP contribution in [-0.4, -0.2) is 66.5 Å². The van der Waals surface area contributed by atoms with E-state index in [1.54, 1.807) is 6.92 Å². The van der Waals surface area contributed by atoms with Crippen LogP contribution in [0.15, 0.2) is 53.5 Å². The summed E-state index contributed by atoms with van der Waals surface area (Å²) in [6.07, 6.45) is 4.00. The molecule has 9 nitrogen and oxygen atoms in total. The third-order valence-electron chi connectivity index (χ3n) is 5.27. The van der Waals surface area contributed by atoms with Crippen molar-refractivity contribution in [1.82, 2.24) is 14.9 Å². The highest BCUT2D eigenvalue weighted by Gasteiger charge is 2.23. The average molecular weight is 435 g/mol. The molecule has 0 unspecified atom stereocenters. The minimum atomic E-state index is -0.651. The lowest BCUT2D eigenvalue weighted by Gasteiger charge is -2.34. The molecule has 166 valence electrons. The number of anilines is 3. The largest absolute Gasteiger partial charge is 0.472 e. The van der Waals surface area contributed by atoms with Crippen molar-refractivity contribution < 1.29 is 18.7 Å². The molecular formula is C23H25N5O4. The first kappa shape index (κ1) is 21.5. The molecule has 2 aromatic heterocycles. The van der Waals surface area contributed by atoms with E-state index in [0.717, 1.165) is 37.6 Å². The quantitative estimate of drug-likeness (QED) is 0.443. The Morgan fingerprint density at radius 3 is 2.53 bits per heavy atom. The molecule has 1 N–H and O–H groups in total. The minimum absolute atomic E-state index is 0.00835. The molecule has 9 heteroatoms. The Bertz CT molecular complexity index is 1070. The Labute approximate surface area is 186 Å². The van der Waals surface area contributed by atoms with Gasteiger partial charge in [-0.2, -0.15) is 0 Å². The van der Waals surface area contributed by atoms with Crippen molar-refractivity contribution in [2.24, 2.45) is 0 Å². The summed E-state index contributed by atoms with van der Waals surface area (Å²) in [7, 11) is 2.13. The Hall–Kier alpha value is -3.72. The summed E-state index contributed by atoms with van der Waals surface area (Å²) in [6.45, 7) is 5.92. The molecule has 0 spiro atoms. The van der Waals surface area contributed by atoms with Gasteiger partial charge in [0.1, 0.15) is 17.5 Å². The van der Waals surface area contributed by atoms with Crippen LogP contribution in [0.4, 0.5) is 17.3 Å². The summed E-state index contributed by atoms with van der Waals surface area (Å²) in [6, 6.07) is 9.47. The van der Waals surface area contributed by atoms with Crippen LogP contribution in [0.3, 0.4) is 0 Å². The highest BCUT2D eigenvalue weighted by molar-refractivity contribution is 6.13. The Morgan fingerprint density at radius 1 is 1.12 bits per heavy atom. The van der Waals surface area contributed by atoms with Crippen LogP contribution in [0.25, 0.3) is 0 Å². The first-order valence-electron chi connectivity index (χ1n) is 10.5. The zero-order valence-electron chi connectivity index (χ0n) is 18.1. The van der Waals surface area contributed by atoms with Crippen molar-refractivity contribution in [3.05, 3.63) is 65.9 Å². The molecule has 0 saturated carbocycles. The molecule has 0 radical (unpaired) electrons. The van der Waals surface area contributed by atoms with E-state index in [0.29, 0.717) is 0 Å². The number of carbonyl (C=O) groups is 2. The molecule has 1 aliphatic rings. The first-order valence-corrected chi connectivity index (χ1v) is 10.5. The van der Waals surface area contributed by atoms with Gasteiger partial charge in [0, 0.05) is 43.8 Å². The summed E-state index contributed by atoms with van der Waals surface area (Å²) in [4.78, 5) is 38.4. The van der Waals surface area contributed by atoms with E-state index in [1.165, 1.54) is 24.8 Å². The third kappa shape index (κ3) is 4.78. The molecule has 0 atom stereocenters. The van der Waals surface area contributed by atoms with Gasteiger partial charge in [0.05, 0.1) is 18.4 Å². The van der Waals surface area contributed by atoms with Crippen molar-refractivity contribution in [2.75, 3.05) is 50.1 Å². The second-order valence-electron chi connectivity index (χ2n) is 7.48. The zero-order valence-corrected chi connectivity index (χ0v) is 18.1. The predicted molar refractivity (Wildman–Crippen MR) is 120 cm³/mol. The molecule has 0 bridgehead atoms. The van der Waals surface area contributed by atoms with Crippen LogP contribution in [0.2, 0.25) is 0 Å². The van der Waals surface area contributed by atoms with Crippen LogP contribution in [0, 0.1) is 0 Å². The van der Waals surface area contributed by atoms with Gasteiger partial charge in [-0.05, 0) is 44.3 Å². The molecule has 3 heterocycles. The fraction of sp³-hybridized carbons (Fsp3) is 0.304. The number of piperazine rings is 1. The van der Waals surface area contributed by atoms with Gasteiger partial charge in [-0.25, -0.2) is 14.8 Å². The van der Waals surface area contributed by atoms with Gasteiger partial charge >= 0.3 is 5.97 Å². The van der Waals surface area contributed by atoms with Gasteiger partial charge in [-0.3, -0.25) is 4.79 Å². The summed E-state index contributed by atoms with van der Waals surface area (Å²) in [5.41, 5.74) is 2.17. The fourth-order valence-electron chi connectivity index (χ4n) is 3.45. The highest BCUT2D eigenvalue weighted by Crippen LogP contribution is 2.22. The molecule has 0 aliphatic carbocycles. The SMILES string of the molecule is CCOC(=O)c1cnc(Nc2ccc(N3CCN(C)CC3)cc2)nc1C(=O)c1ccoc1. The summed E-state index contributed by atoms with van der Waals surface area (Å²) < 4.78 is 10.0. The van der Waals surface area contributed by atoms with Crippen molar-refractivity contribution in [2.45, 2.75) is 6.92 Å². The molecule has 1 saturated heterocycles. The Kier molecular flexibility index (Phi) is 6.46. The van der Waals surface area contributed by atoms with Crippen LogP contribution in [-0.2, 0) is 4.74 Å². The first-order chi connectivity index (χ1) is 15.5. The lowest BCUT2D eigenvalue weighted by molar-refractivity contribution is 0.0522. The number of ketones is 1. The smallest absolute Gasteiger partial charge is 0.342 e. The van der Waals surface area contributed by atoms with Crippen LogP contribution < -0.4 is 10.2 Å². The lowest BCUT2D eigenvalue weighted by Crippen LogP contribution is -2.44. The second kappa shape index (κ2) is 9.61. The molecule has 0 amide bonds. The maximum Gasteiger partial charge on any atom is 0.342 e. The maximum absolute atomic E-state index is 12.9. The average Bonchev–Trinajstić information content (AvgIpc) is 3.35. The molecule has 1 aliphatic heterocycles. The van der Waals surface area contributed by atoms with Gasteiger partial charge in [0.25, 0.3) is 0 Å². The van der Waals surface area contributed by atoms with Crippen LogP contribution in [0.1, 0.15) is 33.3 Å². The number of rotatable bonds is 7. The number of nitrogens with one attached hydrogen (secondary N) is 1. The van der Waals surface area contributed by atoms with Crippen molar-refractivity contribution in [3.63, 3.8) is 0 Å². The Balaban J connectivity index is 1.55. The van der Waals surface area contributed by atoms with Crippen molar-refractivity contribution in [3.8, 4) is 0 Å². The molecular weight excluding hydrogens is 410 g/mol. The standard InChI is InChI=1S/C23H25N5O4/c1-3-32-22(30)19-14-24-23(26-20(19)21(29)16-8-13-31-15-16)25-17-4-6-18(7-5-17)28-11-9-27(2)10-12-28/h4-8,13-15H,3,9-12H2,1-2H3,(H,24,25,26). The molecule has 1 fully saturated rings. The third-order valence-corrected chi connectivity index (χ3v) is 5.27. The maximum atomic E-state index is 12.9. The molecule has 3 aromatic rings. The topological polar surface area (TPSA) is 101 Å². The van der Waals surface area contributed by atoms with E-state index in [2.05, 4.69) is 32.1 Å². The number of carbonyl (C=O) groups excluding carboxylic acids is 2. The highest BCUT2D eigenvalue weighted by atomic mass is 16.5. The second-order valence-corrected chi connectivity index (χ2v) is 7.48. The van der Waals surface area contributed by atoms with Gasteiger partial charge < -0.3 is 24.3 Å². The van der Waals surface area contributed by atoms with Crippen LogP contribution >= 0.6 is 0 Å². The van der Waals surface area contributed by atoms with Gasteiger partial charge in [-0.1, -0.05) is 0 Å². The molecule has 1 aromatic carbocycles. The Morgan fingerprint density at radius 2 is 1.88 bits per heavy atom. The number of hydrogen-bond donors (Lipinski definition) is 1. The lowest BCUT2D eigenvalue weighted by atomic mass is 10.1. The van der Waals surface area contributed by atoms with Crippen molar-refractivity contribution >= 4 is 29.1 Å². The number of aromatic nitrogens is 2. The van der Waals surface area contributed by atoms with E-state index >= 15 is 0 Å². The number of hydrogen-bond acceptors (Lipinski definition) is 9. The monoisotopic (exact) mass is 435 g/mol. The zero-order chi connectivity index (χ0) is 22.5. The van der Waals surface area contributed by atoms with Gasteiger partial charge in [-0.15, -0.1) is 0 Å². The summed E-state index contributed by atoms with van der Waals surface area (Å²) in [5.74, 6) is -0.891.